The molecule has 0 aromatic heterocycles. The van der Waals surface area contributed by atoms with E-state index in [0.717, 1.165) is 5.56 Å². The van der Waals surface area contributed by atoms with Crippen molar-refractivity contribution in [3.63, 3.8) is 0 Å². The van der Waals surface area contributed by atoms with Crippen molar-refractivity contribution in [3.8, 4) is 23.3 Å². The van der Waals surface area contributed by atoms with Crippen molar-refractivity contribution in [3.05, 3.63) is 89.5 Å². The van der Waals surface area contributed by atoms with E-state index in [4.69, 9.17) is 14.7 Å². The largest absolute Gasteiger partial charge is 0.493 e. The minimum Gasteiger partial charge on any atom is -0.493 e. The van der Waals surface area contributed by atoms with E-state index in [-0.39, 0.29) is 12.4 Å². The number of carbonyl (C=O) groups is 1. The van der Waals surface area contributed by atoms with Gasteiger partial charge in [0.15, 0.2) is 18.1 Å². The molecule has 0 bridgehead atoms. The number of amides is 1. The molecule has 0 heterocycles. The van der Waals surface area contributed by atoms with Crippen molar-refractivity contribution < 1.29 is 27.8 Å². The van der Waals surface area contributed by atoms with Gasteiger partial charge in [-0.15, -0.1) is 0 Å². The standard InChI is InChI=1S/C26H22F2N2O4/c1-32-24-16-19(7-10-23(24)33-14-13-29)8-12-25(31)30-21-9-11-22(34-26(27)28)20(17-21)15-18-5-3-2-4-6-18/h2-12,16-17,26H,14-15H2,1H3,(H,30,31)/b12-8+. The van der Waals surface area contributed by atoms with Crippen molar-refractivity contribution in [1.29, 1.82) is 5.26 Å². The Morgan fingerprint density at radius 1 is 1.06 bits per heavy atom. The minimum atomic E-state index is -2.95. The molecular weight excluding hydrogens is 442 g/mol. The molecule has 0 fully saturated rings. The lowest BCUT2D eigenvalue weighted by atomic mass is 10.0. The number of nitrogens with zero attached hydrogens (tertiary/aromatic N) is 1. The fourth-order valence-electron chi connectivity index (χ4n) is 3.20. The molecule has 1 N–H and O–H groups in total. The van der Waals surface area contributed by atoms with Crippen LogP contribution >= 0.6 is 0 Å². The number of rotatable bonds is 10. The average Bonchev–Trinajstić information content (AvgIpc) is 2.83. The highest BCUT2D eigenvalue weighted by Crippen LogP contribution is 2.29. The van der Waals surface area contributed by atoms with E-state index >= 15 is 0 Å². The summed E-state index contributed by atoms with van der Waals surface area (Å²) in [5.74, 6) is 0.496. The van der Waals surface area contributed by atoms with Gasteiger partial charge in [0.05, 0.1) is 7.11 Å². The number of benzene rings is 3. The lowest BCUT2D eigenvalue weighted by molar-refractivity contribution is -0.111. The van der Waals surface area contributed by atoms with Crippen LogP contribution in [0.3, 0.4) is 0 Å². The molecule has 0 atom stereocenters. The molecule has 0 unspecified atom stereocenters. The topological polar surface area (TPSA) is 80.6 Å². The zero-order chi connectivity index (χ0) is 24.3. The van der Waals surface area contributed by atoms with E-state index in [1.807, 2.05) is 36.4 Å². The Kier molecular flexibility index (Phi) is 8.58. The zero-order valence-corrected chi connectivity index (χ0v) is 18.3. The third-order valence-corrected chi connectivity index (χ3v) is 4.69. The quantitative estimate of drug-likeness (QED) is 0.404. The second-order valence-corrected chi connectivity index (χ2v) is 7.04. The Labute approximate surface area is 196 Å². The van der Waals surface area contributed by atoms with E-state index in [1.54, 1.807) is 30.3 Å². The van der Waals surface area contributed by atoms with Crippen LogP contribution in [0.4, 0.5) is 14.5 Å². The summed E-state index contributed by atoms with van der Waals surface area (Å²) in [5.41, 5.74) is 2.56. The highest BCUT2D eigenvalue weighted by atomic mass is 19.3. The van der Waals surface area contributed by atoms with Gasteiger partial charge in [0.1, 0.15) is 11.8 Å². The number of methoxy groups -OCH3 is 1. The van der Waals surface area contributed by atoms with Gasteiger partial charge in [-0.25, -0.2) is 0 Å². The van der Waals surface area contributed by atoms with Gasteiger partial charge >= 0.3 is 6.61 Å². The molecule has 174 valence electrons. The monoisotopic (exact) mass is 464 g/mol. The summed E-state index contributed by atoms with van der Waals surface area (Å²) in [6, 6.07) is 20.8. The number of halogens is 2. The molecule has 1 amide bonds. The number of alkyl halides is 2. The van der Waals surface area contributed by atoms with Crippen LogP contribution in [0.15, 0.2) is 72.8 Å². The van der Waals surface area contributed by atoms with Crippen LogP contribution in [-0.2, 0) is 11.2 Å². The molecule has 0 saturated heterocycles. The van der Waals surface area contributed by atoms with E-state index in [1.165, 1.54) is 25.3 Å². The van der Waals surface area contributed by atoms with E-state index in [2.05, 4.69) is 10.1 Å². The number of ether oxygens (including phenoxy) is 3. The summed E-state index contributed by atoms with van der Waals surface area (Å²) in [6.07, 6.45) is 3.29. The van der Waals surface area contributed by atoms with Crippen LogP contribution in [-0.4, -0.2) is 26.2 Å². The number of carbonyl (C=O) groups excluding carboxylic acids is 1. The van der Waals surface area contributed by atoms with Crippen molar-refractivity contribution in [2.24, 2.45) is 0 Å². The van der Waals surface area contributed by atoms with E-state index in [0.29, 0.717) is 34.7 Å². The van der Waals surface area contributed by atoms with Gasteiger partial charge in [-0.05, 0) is 47.5 Å². The number of anilines is 1. The molecule has 8 heteroatoms. The average molecular weight is 464 g/mol. The molecule has 0 spiro atoms. The summed E-state index contributed by atoms with van der Waals surface area (Å²) in [7, 11) is 1.48. The van der Waals surface area contributed by atoms with Crippen molar-refractivity contribution >= 4 is 17.7 Å². The molecule has 0 aliphatic carbocycles. The predicted molar refractivity (Wildman–Crippen MR) is 124 cm³/mol. The first-order valence-electron chi connectivity index (χ1n) is 10.3. The SMILES string of the molecule is COc1cc(/C=C/C(=O)Nc2ccc(OC(F)F)c(Cc3ccccc3)c2)ccc1OCC#N. The summed E-state index contributed by atoms with van der Waals surface area (Å²) in [6.45, 7) is -3.06. The summed E-state index contributed by atoms with van der Waals surface area (Å²) in [5, 5.41) is 11.4. The molecule has 3 aromatic rings. The Balaban J connectivity index is 1.73. The van der Waals surface area contributed by atoms with Crippen molar-refractivity contribution in [2.75, 3.05) is 19.0 Å². The van der Waals surface area contributed by atoms with Gasteiger partial charge in [0, 0.05) is 23.7 Å². The highest BCUT2D eigenvalue weighted by Gasteiger charge is 2.12. The predicted octanol–water partition coefficient (Wildman–Crippen LogP) is 5.44. The van der Waals surface area contributed by atoms with Gasteiger partial charge in [0.2, 0.25) is 5.91 Å². The fourth-order valence-corrected chi connectivity index (χ4v) is 3.20. The normalized spacial score (nSPS) is 10.7. The lowest BCUT2D eigenvalue weighted by Gasteiger charge is -2.13. The molecule has 6 nitrogen and oxygen atoms in total. The van der Waals surface area contributed by atoms with Crippen LogP contribution in [0.1, 0.15) is 16.7 Å². The molecule has 0 saturated carbocycles. The molecule has 34 heavy (non-hydrogen) atoms. The second-order valence-electron chi connectivity index (χ2n) is 7.04. The maximum atomic E-state index is 12.8. The third kappa shape index (κ3) is 7.07. The van der Waals surface area contributed by atoms with Crippen molar-refractivity contribution in [1.82, 2.24) is 0 Å². The summed E-state index contributed by atoms with van der Waals surface area (Å²) in [4.78, 5) is 12.4. The number of nitriles is 1. The molecule has 3 rings (SSSR count). The van der Waals surface area contributed by atoms with Gasteiger partial charge in [-0.1, -0.05) is 36.4 Å². The molecule has 3 aromatic carbocycles. The number of nitrogens with one attached hydrogen (secondary N) is 1. The van der Waals surface area contributed by atoms with Crippen LogP contribution in [0.5, 0.6) is 17.2 Å². The lowest BCUT2D eigenvalue weighted by Crippen LogP contribution is -2.09. The molecule has 0 aliphatic rings. The maximum Gasteiger partial charge on any atom is 0.387 e. The maximum absolute atomic E-state index is 12.8. The van der Waals surface area contributed by atoms with E-state index in [9.17, 15) is 13.6 Å². The molecular formula is C26H22F2N2O4. The zero-order valence-electron chi connectivity index (χ0n) is 18.3. The van der Waals surface area contributed by atoms with Gasteiger partial charge in [-0.3, -0.25) is 4.79 Å². The van der Waals surface area contributed by atoms with Crippen molar-refractivity contribution in [2.45, 2.75) is 13.0 Å². The van der Waals surface area contributed by atoms with Gasteiger partial charge in [0.25, 0.3) is 0 Å². The Hall–Kier alpha value is -4.38. The fraction of sp³-hybridized carbons (Fsp3) is 0.154. The van der Waals surface area contributed by atoms with E-state index < -0.39 is 12.5 Å². The van der Waals surface area contributed by atoms with Gasteiger partial charge < -0.3 is 19.5 Å². The Morgan fingerprint density at radius 2 is 1.82 bits per heavy atom. The van der Waals surface area contributed by atoms with Gasteiger partial charge in [-0.2, -0.15) is 14.0 Å². The minimum absolute atomic E-state index is 0.0539. The first kappa shape index (κ1) is 24.3. The van der Waals surface area contributed by atoms with Crippen LogP contribution < -0.4 is 19.5 Å². The number of hydrogen-bond donors (Lipinski definition) is 1. The molecule has 0 radical (unpaired) electrons. The second kappa shape index (κ2) is 12.0. The smallest absolute Gasteiger partial charge is 0.387 e. The Bertz CT molecular complexity index is 1190. The first-order valence-corrected chi connectivity index (χ1v) is 10.3. The third-order valence-electron chi connectivity index (χ3n) is 4.69. The molecule has 0 aliphatic heterocycles. The first-order chi connectivity index (χ1) is 16.5. The summed E-state index contributed by atoms with van der Waals surface area (Å²) >= 11 is 0. The Morgan fingerprint density at radius 3 is 2.53 bits per heavy atom. The highest BCUT2D eigenvalue weighted by molar-refractivity contribution is 6.02. The summed E-state index contributed by atoms with van der Waals surface area (Å²) < 4.78 is 40.8. The van der Waals surface area contributed by atoms with Crippen LogP contribution in [0, 0.1) is 11.3 Å². The van der Waals surface area contributed by atoms with Crippen LogP contribution in [0.25, 0.3) is 6.08 Å². The van der Waals surface area contributed by atoms with Crippen LogP contribution in [0.2, 0.25) is 0 Å². The number of hydrogen-bond acceptors (Lipinski definition) is 5.